The summed E-state index contributed by atoms with van der Waals surface area (Å²) in [4.78, 5) is 13.4. The summed E-state index contributed by atoms with van der Waals surface area (Å²) in [6.45, 7) is 3.73. The van der Waals surface area contributed by atoms with Crippen LogP contribution >= 0.6 is 0 Å². The molecule has 0 unspecified atom stereocenters. The number of piperidine rings is 3. The molecule has 3 rings (SSSR count). The minimum Gasteiger partial charge on any atom is -0.481 e. The highest BCUT2D eigenvalue weighted by atomic mass is 16.4. The fraction of sp³-hybridized carbons (Fsp3) is 0.933. The molecule has 3 heterocycles. The number of carboxylic acids is 1. The molecular formula is C15H26N2O2. The summed E-state index contributed by atoms with van der Waals surface area (Å²) in [5.41, 5.74) is 0. The number of carbonyl (C=O) groups is 1. The molecule has 0 bridgehead atoms. The van der Waals surface area contributed by atoms with Crippen LogP contribution in [0.25, 0.3) is 0 Å². The van der Waals surface area contributed by atoms with E-state index in [9.17, 15) is 4.79 Å². The Balaban J connectivity index is 1.62. The van der Waals surface area contributed by atoms with E-state index in [0.29, 0.717) is 12.5 Å². The monoisotopic (exact) mass is 266 g/mol. The van der Waals surface area contributed by atoms with Crippen LogP contribution < -0.4 is 5.32 Å². The van der Waals surface area contributed by atoms with Crippen molar-refractivity contribution in [2.75, 3.05) is 19.6 Å². The van der Waals surface area contributed by atoms with E-state index in [1.54, 1.807) is 0 Å². The zero-order chi connectivity index (χ0) is 13.2. The number of nitrogens with one attached hydrogen (secondary N) is 1. The summed E-state index contributed by atoms with van der Waals surface area (Å²) in [7, 11) is 0. The summed E-state index contributed by atoms with van der Waals surface area (Å²) in [5, 5.41) is 12.5. The van der Waals surface area contributed by atoms with Crippen LogP contribution in [0.2, 0.25) is 0 Å². The number of carboxylic acid groups (broad SMARTS) is 1. The normalized spacial score (nSPS) is 38.7. The maximum absolute atomic E-state index is 10.7. The van der Waals surface area contributed by atoms with Crippen molar-refractivity contribution in [2.45, 2.75) is 57.0 Å². The van der Waals surface area contributed by atoms with E-state index >= 15 is 0 Å². The quantitative estimate of drug-likeness (QED) is 0.813. The average molecular weight is 266 g/mol. The average Bonchev–Trinajstić information content (AvgIpc) is 2.41. The highest BCUT2D eigenvalue weighted by Crippen LogP contribution is 2.39. The molecule has 0 saturated carbocycles. The maximum Gasteiger partial charge on any atom is 0.303 e. The third-order valence-corrected chi connectivity index (χ3v) is 5.41. The van der Waals surface area contributed by atoms with Crippen LogP contribution in [0, 0.1) is 11.8 Å². The molecule has 3 aliphatic rings. The lowest BCUT2D eigenvalue weighted by Gasteiger charge is -2.54. The Labute approximate surface area is 115 Å². The van der Waals surface area contributed by atoms with Gasteiger partial charge in [-0.3, -0.25) is 9.69 Å². The first-order valence-corrected chi connectivity index (χ1v) is 7.95. The van der Waals surface area contributed by atoms with E-state index < -0.39 is 5.97 Å². The molecule has 2 N–H and O–H groups in total. The fourth-order valence-electron chi connectivity index (χ4n) is 4.66. The van der Waals surface area contributed by atoms with Gasteiger partial charge in [0.2, 0.25) is 0 Å². The molecule has 108 valence electrons. The first kappa shape index (κ1) is 13.4. The lowest BCUT2D eigenvalue weighted by Crippen LogP contribution is -2.63. The fourth-order valence-corrected chi connectivity index (χ4v) is 4.66. The van der Waals surface area contributed by atoms with Crippen LogP contribution in [-0.4, -0.2) is 47.7 Å². The Kier molecular flexibility index (Phi) is 4.08. The van der Waals surface area contributed by atoms with Crippen LogP contribution in [0.15, 0.2) is 0 Å². The lowest BCUT2D eigenvalue weighted by molar-refractivity contribution is -0.137. The second kappa shape index (κ2) is 5.80. The molecule has 4 heteroatoms. The molecule has 0 aromatic carbocycles. The molecule has 0 aliphatic carbocycles. The van der Waals surface area contributed by atoms with Crippen molar-refractivity contribution in [1.82, 2.24) is 10.2 Å². The van der Waals surface area contributed by atoms with Crippen molar-refractivity contribution < 1.29 is 9.90 Å². The Morgan fingerprint density at radius 2 is 2.05 bits per heavy atom. The van der Waals surface area contributed by atoms with Gasteiger partial charge in [-0.2, -0.15) is 0 Å². The van der Waals surface area contributed by atoms with Crippen molar-refractivity contribution in [2.24, 2.45) is 11.8 Å². The second-order valence-electron chi connectivity index (χ2n) is 6.54. The van der Waals surface area contributed by atoms with Gasteiger partial charge in [-0.25, -0.2) is 0 Å². The minimum absolute atomic E-state index is 0.322. The molecule has 4 atom stereocenters. The lowest BCUT2D eigenvalue weighted by atomic mass is 9.70. The van der Waals surface area contributed by atoms with Gasteiger partial charge in [0.25, 0.3) is 0 Å². The van der Waals surface area contributed by atoms with E-state index in [2.05, 4.69) is 10.2 Å². The zero-order valence-corrected chi connectivity index (χ0v) is 11.7. The highest BCUT2D eigenvalue weighted by molar-refractivity contribution is 5.66. The summed E-state index contributed by atoms with van der Waals surface area (Å²) in [6.07, 6.45) is 7.58. The van der Waals surface area contributed by atoms with Crippen molar-refractivity contribution in [3.8, 4) is 0 Å². The molecule has 19 heavy (non-hydrogen) atoms. The minimum atomic E-state index is -0.656. The highest BCUT2D eigenvalue weighted by Gasteiger charge is 2.45. The van der Waals surface area contributed by atoms with E-state index in [4.69, 9.17) is 5.11 Å². The molecule has 0 amide bonds. The van der Waals surface area contributed by atoms with Crippen molar-refractivity contribution in [3.05, 3.63) is 0 Å². The molecule has 3 fully saturated rings. The Morgan fingerprint density at radius 1 is 1.26 bits per heavy atom. The van der Waals surface area contributed by atoms with Crippen LogP contribution in [0.4, 0.5) is 0 Å². The molecule has 0 spiro atoms. The van der Waals surface area contributed by atoms with Gasteiger partial charge in [0.1, 0.15) is 0 Å². The second-order valence-corrected chi connectivity index (χ2v) is 6.54. The Hall–Kier alpha value is -0.610. The van der Waals surface area contributed by atoms with Crippen LogP contribution in [0.1, 0.15) is 44.9 Å². The van der Waals surface area contributed by atoms with Crippen LogP contribution in [0.3, 0.4) is 0 Å². The SMILES string of the molecule is O=C(O)CCC[C@@H]1NC[C@H]2CCCN3CCC[C@@H]1[C@@H]23. The zero-order valence-electron chi connectivity index (χ0n) is 11.7. The first-order valence-electron chi connectivity index (χ1n) is 7.95. The van der Waals surface area contributed by atoms with Gasteiger partial charge < -0.3 is 10.4 Å². The summed E-state index contributed by atoms with van der Waals surface area (Å²) < 4.78 is 0. The van der Waals surface area contributed by atoms with E-state index in [0.717, 1.165) is 37.3 Å². The smallest absolute Gasteiger partial charge is 0.303 e. The topological polar surface area (TPSA) is 52.6 Å². The summed E-state index contributed by atoms with van der Waals surface area (Å²) in [5.74, 6) is 0.952. The molecule has 3 aliphatic heterocycles. The van der Waals surface area contributed by atoms with Gasteiger partial charge in [-0.05, 0) is 70.0 Å². The molecule has 4 nitrogen and oxygen atoms in total. The van der Waals surface area contributed by atoms with E-state index in [1.807, 2.05) is 0 Å². The van der Waals surface area contributed by atoms with Crippen molar-refractivity contribution >= 4 is 5.97 Å². The predicted molar refractivity (Wildman–Crippen MR) is 74.1 cm³/mol. The first-order chi connectivity index (χ1) is 9.25. The van der Waals surface area contributed by atoms with Crippen LogP contribution in [-0.2, 0) is 4.79 Å². The van der Waals surface area contributed by atoms with Gasteiger partial charge in [-0.1, -0.05) is 0 Å². The Bertz CT molecular complexity index is 325. The van der Waals surface area contributed by atoms with E-state index in [1.165, 1.54) is 38.8 Å². The van der Waals surface area contributed by atoms with Gasteiger partial charge in [0.05, 0.1) is 0 Å². The number of aliphatic carboxylic acids is 1. The molecule has 3 saturated heterocycles. The Morgan fingerprint density at radius 3 is 2.84 bits per heavy atom. The van der Waals surface area contributed by atoms with Gasteiger partial charge in [-0.15, -0.1) is 0 Å². The molecule has 0 aromatic rings. The van der Waals surface area contributed by atoms with Gasteiger partial charge in [0, 0.05) is 18.5 Å². The van der Waals surface area contributed by atoms with Crippen molar-refractivity contribution in [3.63, 3.8) is 0 Å². The number of hydrogen-bond acceptors (Lipinski definition) is 3. The van der Waals surface area contributed by atoms with Gasteiger partial charge >= 0.3 is 5.97 Å². The summed E-state index contributed by atoms with van der Waals surface area (Å²) >= 11 is 0. The van der Waals surface area contributed by atoms with Crippen molar-refractivity contribution in [1.29, 1.82) is 0 Å². The number of nitrogens with zero attached hydrogens (tertiary/aromatic N) is 1. The largest absolute Gasteiger partial charge is 0.481 e. The molecular weight excluding hydrogens is 240 g/mol. The van der Waals surface area contributed by atoms with Crippen LogP contribution in [0.5, 0.6) is 0 Å². The third-order valence-electron chi connectivity index (χ3n) is 5.41. The molecule has 0 aromatic heterocycles. The predicted octanol–water partition coefficient (Wildman–Crippen LogP) is 1.70. The number of rotatable bonds is 4. The van der Waals surface area contributed by atoms with E-state index in [-0.39, 0.29) is 0 Å². The third kappa shape index (κ3) is 2.79. The standard InChI is InChI=1S/C15H26N2O2/c18-14(19)7-1-6-13-12-5-3-9-17-8-2-4-11(10-16-13)15(12)17/h11-13,15-16H,1-10H2,(H,18,19)/t11-,12+,13+,15-/m1/s1. The summed E-state index contributed by atoms with van der Waals surface area (Å²) in [6, 6.07) is 1.35. The van der Waals surface area contributed by atoms with Gasteiger partial charge in [0.15, 0.2) is 0 Å². The number of hydrogen-bond donors (Lipinski definition) is 2. The molecule has 0 radical (unpaired) electrons. The maximum atomic E-state index is 10.7.